The van der Waals surface area contributed by atoms with Crippen molar-refractivity contribution in [1.29, 1.82) is 0 Å². The maximum absolute atomic E-state index is 5.10. The molecular weight excluding hydrogens is 216 g/mol. The van der Waals surface area contributed by atoms with Crippen molar-refractivity contribution in [2.45, 2.75) is 13.0 Å². The standard InChI is InChI=1S/C12H16N4O/c1-10(9-17-2)15-11-5-3-6-13-12(11)16-8-4-7-14-16/h3-8,10,15H,9H2,1-2H3. The molecule has 1 atom stereocenters. The normalized spacial score (nSPS) is 12.4. The molecular formula is C12H16N4O. The van der Waals surface area contributed by atoms with Crippen molar-refractivity contribution in [2.75, 3.05) is 19.0 Å². The summed E-state index contributed by atoms with van der Waals surface area (Å²) < 4.78 is 6.84. The topological polar surface area (TPSA) is 52.0 Å². The van der Waals surface area contributed by atoms with E-state index in [1.807, 2.05) is 24.4 Å². The van der Waals surface area contributed by atoms with Gasteiger partial charge < -0.3 is 10.1 Å². The van der Waals surface area contributed by atoms with Crippen molar-refractivity contribution in [3.05, 3.63) is 36.8 Å². The third kappa shape index (κ3) is 2.82. The van der Waals surface area contributed by atoms with Gasteiger partial charge in [-0.25, -0.2) is 9.67 Å². The van der Waals surface area contributed by atoms with Gasteiger partial charge in [0.05, 0.1) is 12.3 Å². The quantitative estimate of drug-likeness (QED) is 0.852. The van der Waals surface area contributed by atoms with Gasteiger partial charge in [-0.3, -0.25) is 0 Å². The van der Waals surface area contributed by atoms with Crippen LogP contribution in [-0.4, -0.2) is 34.5 Å². The first-order chi connectivity index (χ1) is 8.31. The van der Waals surface area contributed by atoms with Crippen molar-refractivity contribution in [1.82, 2.24) is 14.8 Å². The van der Waals surface area contributed by atoms with Crippen LogP contribution in [0.15, 0.2) is 36.8 Å². The van der Waals surface area contributed by atoms with Gasteiger partial charge in [0, 0.05) is 31.7 Å². The first-order valence-corrected chi connectivity index (χ1v) is 5.52. The third-order valence-corrected chi connectivity index (χ3v) is 2.33. The molecule has 0 aliphatic heterocycles. The first kappa shape index (κ1) is 11.6. The van der Waals surface area contributed by atoms with Crippen molar-refractivity contribution in [3.8, 4) is 5.82 Å². The molecule has 0 aliphatic rings. The third-order valence-electron chi connectivity index (χ3n) is 2.33. The lowest BCUT2D eigenvalue weighted by Gasteiger charge is -2.16. The molecule has 0 saturated carbocycles. The second kappa shape index (κ2) is 5.45. The van der Waals surface area contributed by atoms with E-state index in [-0.39, 0.29) is 6.04 Å². The molecule has 2 aromatic rings. The summed E-state index contributed by atoms with van der Waals surface area (Å²) in [5, 5.41) is 7.53. The average molecular weight is 232 g/mol. The summed E-state index contributed by atoms with van der Waals surface area (Å²) >= 11 is 0. The predicted octanol–water partition coefficient (Wildman–Crippen LogP) is 1.71. The van der Waals surface area contributed by atoms with Crippen LogP contribution in [0.3, 0.4) is 0 Å². The molecule has 5 nitrogen and oxygen atoms in total. The van der Waals surface area contributed by atoms with Gasteiger partial charge in [-0.15, -0.1) is 0 Å². The molecule has 2 heterocycles. The Kier molecular flexibility index (Phi) is 3.72. The zero-order valence-corrected chi connectivity index (χ0v) is 10.00. The van der Waals surface area contributed by atoms with Gasteiger partial charge in [0.15, 0.2) is 5.82 Å². The van der Waals surface area contributed by atoms with Crippen LogP contribution < -0.4 is 5.32 Å². The minimum Gasteiger partial charge on any atom is -0.383 e. The van der Waals surface area contributed by atoms with E-state index in [0.29, 0.717) is 6.61 Å². The summed E-state index contributed by atoms with van der Waals surface area (Å²) in [6, 6.07) is 5.97. The number of aromatic nitrogens is 3. The Morgan fingerprint density at radius 1 is 1.41 bits per heavy atom. The highest BCUT2D eigenvalue weighted by molar-refractivity contribution is 5.56. The van der Waals surface area contributed by atoms with Gasteiger partial charge >= 0.3 is 0 Å². The molecule has 0 spiro atoms. The van der Waals surface area contributed by atoms with E-state index < -0.39 is 0 Å². The predicted molar refractivity (Wildman–Crippen MR) is 66.3 cm³/mol. The molecule has 0 bridgehead atoms. The lowest BCUT2D eigenvalue weighted by Crippen LogP contribution is -2.22. The van der Waals surface area contributed by atoms with Gasteiger partial charge in [0.2, 0.25) is 0 Å². The summed E-state index contributed by atoms with van der Waals surface area (Å²) in [5.74, 6) is 0.792. The molecule has 0 aliphatic carbocycles. The summed E-state index contributed by atoms with van der Waals surface area (Å²) in [5.41, 5.74) is 0.945. The van der Waals surface area contributed by atoms with E-state index in [1.54, 1.807) is 24.2 Å². The highest BCUT2D eigenvalue weighted by atomic mass is 16.5. The second-order valence-corrected chi connectivity index (χ2v) is 3.83. The van der Waals surface area contributed by atoms with E-state index in [2.05, 4.69) is 22.3 Å². The van der Waals surface area contributed by atoms with Crippen molar-refractivity contribution in [3.63, 3.8) is 0 Å². The number of rotatable bonds is 5. The number of nitrogens with zero attached hydrogens (tertiary/aromatic N) is 3. The van der Waals surface area contributed by atoms with Crippen LogP contribution in [0.5, 0.6) is 0 Å². The molecule has 90 valence electrons. The molecule has 2 rings (SSSR count). The fraction of sp³-hybridized carbons (Fsp3) is 0.333. The number of methoxy groups -OCH3 is 1. The molecule has 17 heavy (non-hydrogen) atoms. The van der Waals surface area contributed by atoms with E-state index in [1.165, 1.54) is 0 Å². The highest BCUT2D eigenvalue weighted by Crippen LogP contribution is 2.16. The summed E-state index contributed by atoms with van der Waals surface area (Å²) in [7, 11) is 1.69. The molecule has 0 radical (unpaired) electrons. The number of anilines is 1. The van der Waals surface area contributed by atoms with Crippen LogP contribution in [0.4, 0.5) is 5.69 Å². The fourth-order valence-electron chi connectivity index (χ4n) is 1.64. The van der Waals surface area contributed by atoms with Gasteiger partial charge in [-0.05, 0) is 25.1 Å². The first-order valence-electron chi connectivity index (χ1n) is 5.52. The van der Waals surface area contributed by atoms with Crippen molar-refractivity contribution < 1.29 is 4.74 Å². The van der Waals surface area contributed by atoms with Crippen LogP contribution in [-0.2, 0) is 4.74 Å². The van der Waals surface area contributed by atoms with Crippen LogP contribution in [0, 0.1) is 0 Å². The molecule has 1 unspecified atom stereocenters. The van der Waals surface area contributed by atoms with Gasteiger partial charge in [-0.1, -0.05) is 0 Å². The van der Waals surface area contributed by atoms with Gasteiger partial charge in [-0.2, -0.15) is 5.10 Å². The lowest BCUT2D eigenvalue weighted by molar-refractivity contribution is 0.190. The zero-order valence-electron chi connectivity index (χ0n) is 10.00. The molecule has 5 heteroatoms. The number of hydrogen-bond acceptors (Lipinski definition) is 4. The van der Waals surface area contributed by atoms with Crippen LogP contribution in [0.25, 0.3) is 5.82 Å². The average Bonchev–Trinajstić information content (AvgIpc) is 2.83. The molecule has 0 aromatic carbocycles. The minimum atomic E-state index is 0.221. The SMILES string of the molecule is COCC(C)Nc1cccnc1-n1cccn1. The number of hydrogen-bond donors (Lipinski definition) is 1. The summed E-state index contributed by atoms with van der Waals surface area (Å²) in [4.78, 5) is 4.33. The molecule has 0 amide bonds. The second-order valence-electron chi connectivity index (χ2n) is 3.83. The Hall–Kier alpha value is -1.88. The highest BCUT2D eigenvalue weighted by Gasteiger charge is 2.08. The fourth-order valence-corrected chi connectivity index (χ4v) is 1.64. The van der Waals surface area contributed by atoms with E-state index >= 15 is 0 Å². The van der Waals surface area contributed by atoms with Crippen molar-refractivity contribution >= 4 is 5.69 Å². The van der Waals surface area contributed by atoms with Crippen LogP contribution in [0.2, 0.25) is 0 Å². The smallest absolute Gasteiger partial charge is 0.176 e. The maximum atomic E-state index is 5.10. The van der Waals surface area contributed by atoms with Crippen LogP contribution in [0.1, 0.15) is 6.92 Å². The molecule has 0 fully saturated rings. The Bertz CT molecular complexity index is 455. The zero-order chi connectivity index (χ0) is 12.1. The monoisotopic (exact) mass is 232 g/mol. The number of nitrogens with one attached hydrogen (secondary N) is 1. The molecule has 1 N–H and O–H groups in total. The van der Waals surface area contributed by atoms with Crippen LogP contribution >= 0.6 is 0 Å². The van der Waals surface area contributed by atoms with Gasteiger partial charge in [0.1, 0.15) is 0 Å². The van der Waals surface area contributed by atoms with Gasteiger partial charge in [0.25, 0.3) is 0 Å². The van der Waals surface area contributed by atoms with E-state index in [9.17, 15) is 0 Å². The maximum Gasteiger partial charge on any atom is 0.176 e. The summed E-state index contributed by atoms with van der Waals surface area (Å²) in [6.45, 7) is 2.71. The Balaban J connectivity index is 2.22. The summed E-state index contributed by atoms with van der Waals surface area (Å²) in [6.07, 6.45) is 5.36. The Morgan fingerprint density at radius 3 is 3.00 bits per heavy atom. The lowest BCUT2D eigenvalue weighted by atomic mass is 10.3. The number of pyridine rings is 1. The number of ether oxygens (including phenoxy) is 1. The molecule has 2 aromatic heterocycles. The minimum absolute atomic E-state index is 0.221. The Labute approximate surface area is 100 Å². The Morgan fingerprint density at radius 2 is 2.29 bits per heavy atom. The largest absolute Gasteiger partial charge is 0.383 e. The van der Waals surface area contributed by atoms with Crippen molar-refractivity contribution in [2.24, 2.45) is 0 Å². The van der Waals surface area contributed by atoms with E-state index in [4.69, 9.17) is 4.74 Å². The van der Waals surface area contributed by atoms with E-state index in [0.717, 1.165) is 11.5 Å². The molecule has 0 saturated heterocycles.